The molecule has 0 bridgehead atoms. The van der Waals surface area contributed by atoms with Gasteiger partial charge in [-0.3, -0.25) is 0 Å². The smallest absolute Gasteiger partial charge is 0.322 e. The molecule has 2 N–H and O–H groups in total. The Kier molecular flexibility index (Phi) is 3.56. The van der Waals surface area contributed by atoms with Crippen molar-refractivity contribution >= 4 is 11.9 Å². The van der Waals surface area contributed by atoms with Gasteiger partial charge in [-0.2, -0.15) is 15.0 Å². The fourth-order valence-corrected chi connectivity index (χ4v) is 1.36. The zero-order valence-corrected chi connectivity index (χ0v) is 10.5. The Morgan fingerprint density at radius 3 is 2.67 bits per heavy atom. The van der Waals surface area contributed by atoms with Crippen LogP contribution in [0.25, 0.3) is 0 Å². The quantitative estimate of drug-likeness (QED) is 0.785. The summed E-state index contributed by atoms with van der Waals surface area (Å²) in [6, 6.07) is 0.261. The molecule has 0 saturated heterocycles. The highest BCUT2D eigenvalue weighted by Gasteiger charge is 2.06. The van der Waals surface area contributed by atoms with Gasteiger partial charge in [-0.1, -0.05) is 0 Å². The van der Waals surface area contributed by atoms with Crippen molar-refractivity contribution < 1.29 is 4.74 Å². The normalized spacial score (nSPS) is 10.2. The van der Waals surface area contributed by atoms with Gasteiger partial charge < -0.3 is 19.9 Å². The Bertz CT molecular complexity index is 502. The number of nitrogens with zero attached hydrogens (tertiary/aromatic N) is 5. The summed E-state index contributed by atoms with van der Waals surface area (Å²) in [5, 5.41) is 5.92. The predicted molar refractivity (Wildman–Crippen MR) is 66.5 cm³/mol. The zero-order valence-electron chi connectivity index (χ0n) is 10.5. The van der Waals surface area contributed by atoms with E-state index in [1.807, 2.05) is 17.8 Å². The lowest BCUT2D eigenvalue weighted by Crippen LogP contribution is -2.10. The lowest BCUT2D eigenvalue weighted by atomic mass is 10.6. The van der Waals surface area contributed by atoms with E-state index >= 15 is 0 Å². The number of nitrogens with one attached hydrogen (secondary N) is 2. The highest BCUT2D eigenvalue weighted by atomic mass is 16.5. The first kappa shape index (κ1) is 12.1. The van der Waals surface area contributed by atoms with Crippen LogP contribution >= 0.6 is 0 Å². The predicted octanol–water partition coefficient (Wildman–Crippen LogP) is 0.267. The molecule has 8 heteroatoms. The molecule has 2 aromatic heterocycles. The van der Waals surface area contributed by atoms with Crippen LogP contribution in [0.5, 0.6) is 6.01 Å². The van der Waals surface area contributed by atoms with Gasteiger partial charge in [0.05, 0.1) is 13.7 Å². The number of anilines is 2. The van der Waals surface area contributed by atoms with E-state index in [9.17, 15) is 0 Å². The third kappa shape index (κ3) is 2.65. The molecule has 8 nitrogen and oxygen atoms in total. The SMILES string of the molecule is CNc1nc(NCc2nccn2C)nc(OC)n1. The number of aromatic nitrogens is 5. The molecule has 18 heavy (non-hydrogen) atoms. The highest BCUT2D eigenvalue weighted by Crippen LogP contribution is 2.10. The molecule has 2 heterocycles. The van der Waals surface area contributed by atoms with Gasteiger partial charge in [-0.05, 0) is 0 Å². The number of rotatable bonds is 5. The second-order valence-electron chi connectivity index (χ2n) is 3.53. The van der Waals surface area contributed by atoms with Crippen LogP contribution in [0.4, 0.5) is 11.9 Å². The van der Waals surface area contributed by atoms with Gasteiger partial charge in [0.15, 0.2) is 0 Å². The number of hydrogen-bond donors (Lipinski definition) is 2. The van der Waals surface area contributed by atoms with Crippen molar-refractivity contribution in [3.05, 3.63) is 18.2 Å². The number of ether oxygens (including phenoxy) is 1. The van der Waals surface area contributed by atoms with E-state index in [0.29, 0.717) is 18.4 Å². The first-order valence-electron chi connectivity index (χ1n) is 5.41. The van der Waals surface area contributed by atoms with Crippen LogP contribution in [0.1, 0.15) is 5.82 Å². The van der Waals surface area contributed by atoms with Crippen LogP contribution in [-0.4, -0.2) is 38.7 Å². The minimum absolute atomic E-state index is 0.261. The number of imidazole rings is 1. The molecule has 0 radical (unpaired) electrons. The first-order valence-corrected chi connectivity index (χ1v) is 5.41. The zero-order chi connectivity index (χ0) is 13.0. The summed E-state index contributed by atoms with van der Waals surface area (Å²) in [5.41, 5.74) is 0. The molecule has 0 aliphatic carbocycles. The van der Waals surface area contributed by atoms with Gasteiger partial charge in [0.1, 0.15) is 5.82 Å². The van der Waals surface area contributed by atoms with Crippen molar-refractivity contribution in [3.63, 3.8) is 0 Å². The van der Waals surface area contributed by atoms with Crippen LogP contribution in [0.3, 0.4) is 0 Å². The molecule has 2 aromatic rings. The summed E-state index contributed by atoms with van der Waals surface area (Å²) < 4.78 is 6.92. The van der Waals surface area contributed by atoms with Crippen molar-refractivity contribution in [3.8, 4) is 6.01 Å². The molecular weight excluding hydrogens is 234 g/mol. The van der Waals surface area contributed by atoms with Gasteiger partial charge in [0.25, 0.3) is 0 Å². The Morgan fingerprint density at radius 2 is 2.06 bits per heavy atom. The molecule has 0 aromatic carbocycles. The Hall–Kier alpha value is -2.38. The maximum absolute atomic E-state index is 5.00. The van der Waals surface area contributed by atoms with Crippen LogP contribution in [-0.2, 0) is 13.6 Å². The number of hydrogen-bond acceptors (Lipinski definition) is 7. The molecule has 96 valence electrons. The van der Waals surface area contributed by atoms with Crippen molar-refractivity contribution in [1.29, 1.82) is 0 Å². The van der Waals surface area contributed by atoms with Crippen LogP contribution in [0.15, 0.2) is 12.4 Å². The minimum Gasteiger partial charge on any atom is -0.467 e. The Labute approximate surface area is 104 Å². The summed E-state index contributed by atoms with van der Waals surface area (Å²) >= 11 is 0. The third-order valence-corrected chi connectivity index (χ3v) is 2.35. The maximum atomic E-state index is 5.00. The van der Waals surface area contributed by atoms with Gasteiger partial charge in [0, 0.05) is 26.5 Å². The second kappa shape index (κ2) is 5.30. The van der Waals surface area contributed by atoms with E-state index in [1.54, 1.807) is 13.2 Å². The van der Waals surface area contributed by atoms with E-state index < -0.39 is 0 Å². The number of methoxy groups -OCH3 is 1. The molecule has 0 aliphatic heterocycles. The fourth-order valence-electron chi connectivity index (χ4n) is 1.36. The highest BCUT2D eigenvalue weighted by molar-refractivity contribution is 5.35. The van der Waals surface area contributed by atoms with E-state index in [2.05, 4.69) is 30.6 Å². The lowest BCUT2D eigenvalue weighted by molar-refractivity contribution is 0.379. The summed E-state index contributed by atoms with van der Waals surface area (Å²) in [6.45, 7) is 0.528. The largest absolute Gasteiger partial charge is 0.467 e. The summed E-state index contributed by atoms with van der Waals surface area (Å²) in [7, 11) is 5.17. The molecule has 2 rings (SSSR count). The van der Waals surface area contributed by atoms with Gasteiger partial charge >= 0.3 is 6.01 Å². The monoisotopic (exact) mass is 249 g/mol. The topological polar surface area (TPSA) is 89.8 Å². The summed E-state index contributed by atoms with van der Waals surface area (Å²) in [6.07, 6.45) is 3.62. The van der Waals surface area contributed by atoms with Crippen LogP contribution < -0.4 is 15.4 Å². The Balaban J connectivity index is 2.11. The van der Waals surface area contributed by atoms with Crippen LogP contribution in [0, 0.1) is 0 Å². The molecule has 0 spiro atoms. The van der Waals surface area contributed by atoms with Crippen molar-refractivity contribution in [2.24, 2.45) is 7.05 Å². The average Bonchev–Trinajstić information content (AvgIpc) is 2.81. The van der Waals surface area contributed by atoms with Gasteiger partial charge in [-0.25, -0.2) is 4.98 Å². The summed E-state index contributed by atoms with van der Waals surface area (Å²) in [4.78, 5) is 16.5. The molecule has 0 fully saturated rings. The first-order chi connectivity index (χ1) is 8.72. The Morgan fingerprint density at radius 1 is 1.28 bits per heavy atom. The summed E-state index contributed by atoms with van der Waals surface area (Å²) in [5.74, 6) is 1.78. The van der Waals surface area contributed by atoms with E-state index in [4.69, 9.17) is 4.74 Å². The van der Waals surface area contributed by atoms with Crippen molar-refractivity contribution in [2.45, 2.75) is 6.54 Å². The molecule has 0 atom stereocenters. The average molecular weight is 249 g/mol. The lowest BCUT2D eigenvalue weighted by Gasteiger charge is -2.07. The van der Waals surface area contributed by atoms with Crippen molar-refractivity contribution in [2.75, 3.05) is 24.8 Å². The maximum Gasteiger partial charge on any atom is 0.322 e. The molecule has 0 amide bonds. The van der Waals surface area contributed by atoms with E-state index in [0.717, 1.165) is 5.82 Å². The second-order valence-corrected chi connectivity index (χ2v) is 3.53. The van der Waals surface area contributed by atoms with E-state index in [1.165, 1.54) is 7.11 Å². The minimum atomic E-state index is 0.261. The third-order valence-electron chi connectivity index (χ3n) is 2.35. The molecule has 0 aliphatic rings. The number of aryl methyl sites for hydroxylation is 1. The van der Waals surface area contributed by atoms with Gasteiger partial charge in [0.2, 0.25) is 11.9 Å². The fraction of sp³-hybridized carbons (Fsp3) is 0.400. The standard InChI is InChI=1S/C10H15N7O/c1-11-8-14-9(16-10(15-8)18-3)13-6-7-12-4-5-17(7)2/h4-5H,6H2,1-3H3,(H2,11,13,14,15,16). The van der Waals surface area contributed by atoms with E-state index in [-0.39, 0.29) is 6.01 Å². The van der Waals surface area contributed by atoms with Crippen molar-refractivity contribution in [1.82, 2.24) is 24.5 Å². The molecule has 0 unspecified atom stereocenters. The van der Waals surface area contributed by atoms with Gasteiger partial charge in [-0.15, -0.1) is 0 Å². The van der Waals surface area contributed by atoms with Crippen LogP contribution in [0.2, 0.25) is 0 Å². The molecule has 0 saturated carbocycles. The molecular formula is C10H15N7O.